The third-order valence-electron chi connectivity index (χ3n) is 4.83. The number of methoxy groups -OCH3 is 2. The van der Waals surface area contributed by atoms with Gasteiger partial charge in [0.05, 0.1) is 31.1 Å². The number of benzene rings is 1. The minimum absolute atomic E-state index is 0.0602. The second-order valence-corrected chi connectivity index (χ2v) is 9.48. The van der Waals surface area contributed by atoms with E-state index in [9.17, 15) is 14.4 Å². The van der Waals surface area contributed by atoms with Gasteiger partial charge in [-0.2, -0.15) is 0 Å². The maximum atomic E-state index is 12.7. The monoisotopic (exact) mass is 502 g/mol. The van der Waals surface area contributed by atoms with Gasteiger partial charge in [0.25, 0.3) is 0 Å². The summed E-state index contributed by atoms with van der Waals surface area (Å²) in [6.45, 7) is 6.19. The lowest BCUT2D eigenvalue weighted by atomic mass is 10.1. The maximum absolute atomic E-state index is 12.7. The van der Waals surface area contributed by atoms with Gasteiger partial charge in [-0.15, -0.1) is 21.5 Å². The van der Waals surface area contributed by atoms with Crippen molar-refractivity contribution in [3.63, 3.8) is 0 Å². The van der Waals surface area contributed by atoms with E-state index in [0.717, 1.165) is 17.8 Å². The van der Waals surface area contributed by atoms with E-state index < -0.39 is 11.9 Å². The lowest BCUT2D eigenvalue weighted by Gasteiger charge is -2.13. The van der Waals surface area contributed by atoms with Crippen molar-refractivity contribution in [2.45, 2.75) is 38.4 Å². The van der Waals surface area contributed by atoms with Crippen molar-refractivity contribution in [1.82, 2.24) is 14.8 Å². The van der Waals surface area contributed by atoms with Crippen LogP contribution in [0.3, 0.4) is 0 Å². The number of anilines is 1. The van der Waals surface area contributed by atoms with Crippen LogP contribution in [-0.2, 0) is 20.7 Å². The SMILES string of the molecule is CCc1cc(-c2nnc(SCC(=O)Nc3cc(C(=O)OC)cc(C(=O)OC)c3)n2C(C)C)cs1. The average Bonchev–Trinajstić information content (AvgIpc) is 3.48. The number of aryl methyl sites for hydroxylation is 1. The summed E-state index contributed by atoms with van der Waals surface area (Å²) in [7, 11) is 2.47. The molecule has 0 atom stereocenters. The molecule has 0 aliphatic carbocycles. The summed E-state index contributed by atoms with van der Waals surface area (Å²) >= 11 is 2.94. The van der Waals surface area contributed by atoms with Crippen LogP contribution in [0, 0.1) is 0 Å². The Bertz CT molecular complexity index is 1170. The summed E-state index contributed by atoms with van der Waals surface area (Å²) < 4.78 is 11.5. The molecular weight excluding hydrogens is 476 g/mol. The van der Waals surface area contributed by atoms with Crippen molar-refractivity contribution >= 4 is 46.6 Å². The van der Waals surface area contributed by atoms with Crippen LogP contribution in [0.2, 0.25) is 0 Å². The van der Waals surface area contributed by atoms with E-state index in [2.05, 4.69) is 33.9 Å². The van der Waals surface area contributed by atoms with Gasteiger partial charge in [-0.1, -0.05) is 18.7 Å². The molecule has 1 N–H and O–H groups in total. The summed E-state index contributed by atoms with van der Waals surface area (Å²) in [5.41, 5.74) is 1.54. The maximum Gasteiger partial charge on any atom is 0.337 e. The fourth-order valence-corrected chi connectivity index (χ4v) is 4.90. The molecule has 0 radical (unpaired) electrons. The molecule has 2 heterocycles. The first-order valence-electron chi connectivity index (χ1n) is 10.5. The molecule has 1 amide bonds. The number of thiophene rings is 1. The third kappa shape index (κ3) is 5.84. The molecule has 0 unspecified atom stereocenters. The number of hydrogen-bond donors (Lipinski definition) is 1. The number of nitrogens with zero attached hydrogens (tertiary/aromatic N) is 3. The van der Waals surface area contributed by atoms with E-state index in [1.807, 2.05) is 18.4 Å². The molecule has 0 saturated carbocycles. The zero-order valence-electron chi connectivity index (χ0n) is 19.6. The van der Waals surface area contributed by atoms with Crippen LogP contribution in [0.5, 0.6) is 0 Å². The molecule has 1 aromatic carbocycles. The fraction of sp³-hybridized carbons (Fsp3) is 0.348. The van der Waals surface area contributed by atoms with Gasteiger partial charge in [0.2, 0.25) is 5.91 Å². The second kappa shape index (κ2) is 11.3. The highest BCUT2D eigenvalue weighted by Crippen LogP contribution is 2.30. The number of carbonyl (C=O) groups excluding carboxylic acids is 3. The van der Waals surface area contributed by atoms with E-state index in [0.29, 0.717) is 5.16 Å². The van der Waals surface area contributed by atoms with Crippen molar-refractivity contribution in [2.75, 3.05) is 25.3 Å². The van der Waals surface area contributed by atoms with E-state index in [1.165, 1.54) is 49.1 Å². The summed E-state index contributed by atoms with van der Waals surface area (Å²) in [4.78, 5) is 37.8. The Morgan fingerprint density at radius 1 is 1.06 bits per heavy atom. The summed E-state index contributed by atoms with van der Waals surface area (Å²) in [6.07, 6.45) is 0.955. The molecule has 0 spiro atoms. The minimum atomic E-state index is -0.632. The first kappa shape index (κ1) is 25.4. The molecule has 0 fully saturated rings. The highest BCUT2D eigenvalue weighted by Gasteiger charge is 2.20. The quantitative estimate of drug-likeness (QED) is 0.337. The average molecular weight is 503 g/mol. The molecule has 9 nitrogen and oxygen atoms in total. The smallest absolute Gasteiger partial charge is 0.337 e. The van der Waals surface area contributed by atoms with Crippen molar-refractivity contribution in [2.24, 2.45) is 0 Å². The highest BCUT2D eigenvalue weighted by atomic mass is 32.2. The highest BCUT2D eigenvalue weighted by molar-refractivity contribution is 7.99. The van der Waals surface area contributed by atoms with E-state index in [4.69, 9.17) is 9.47 Å². The number of hydrogen-bond acceptors (Lipinski definition) is 9. The molecule has 180 valence electrons. The first-order valence-corrected chi connectivity index (χ1v) is 12.4. The van der Waals surface area contributed by atoms with Crippen LogP contribution in [0.25, 0.3) is 11.4 Å². The van der Waals surface area contributed by atoms with Gasteiger partial charge in [-0.3, -0.25) is 9.36 Å². The van der Waals surface area contributed by atoms with Crippen LogP contribution in [0.4, 0.5) is 5.69 Å². The second-order valence-electron chi connectivity index (χ2n) is 7.54. The number of rotatable bonds is 9. The van der Waals surface area contributed by atoms with Crippen molar-refractivity contribution in [1.29, 1.82) is 0 Å². The van der Waals surface area contributed by atoms with Crippen molar-refractivity contribution in [3.8, 4) is 11.4 Å². The fourth-order valence-electron chi connectivity index (χ4n) is 3.22. The number of esters is 2. The topological polar surface area (TPSA) is 112 Å². The standard InChI is InChI=1S/C23H26N4O5S2/c1-6-18-10-16(11-33-18)20-25-26-23(27(20)13(2)3)34-12-19(28)24-17-8-14(21(29)31-4)7-15(9-17)22(30)32-5/h7-11,13H,6,12H2,1-5H3,(H,24,28). The molecule has 0 saturated heterocycles. The largest absolute Gasteiger partial charge is 0.465 e. The Kier molecular flexibility index (Phi) is 8.46. The molecular formula is C23H26N4O5S2. The molecule has 0 bridgehead atoms. The van der Waals surface area contributed by atoms with Gasteiger partial charge in [-0.05, 0) is 44.5 Å². The predicted molar refractivity (Wildman–Crippen MR) is 132 cm³/mol. The van der Waals surface area contributed by atoms with Crippen LogP contribution < -0.4 is 5.32 Å². The molecule has 11 heteroatoms. The molecule has 34 heavy (non-hydrogen) atoms. The van der Waals surface area contributed by atoms with E-state index in [-0.39, 0.29) is 34.5 Å². The number of nitrogens with one attached hydrogen (secondary N) is 1. The molecule has 2 aromatic heterocycles. The zero-order chi connectivity index (χ0) is 24.8. The number of aromatic nitrogens is 3. The summed E-state index contributed by atoms with van der Waals surface area (Å²) in [5.74, 6) is -0.764. The number of ether oxygens (including phenoxy) is 2. The Morgan fingerprint density at radius 3 is 2.24 bits per heavy atom. The van der Waals surface area contributed by atoms with Crippen LogP contribution in [-0.4, -0.2) is 52.6 Å². The van der Waals surface area contributed by atoms with E-state index in [1.54, 1.807) is 11.3 Å². The van der Waals surface area contributed by atoms with Gasteiger partial charge in [0, 0.05) is 27.5 Å². The predicted octanol–water partition coefficient (Wildman–Crippen LogP) is 4.45. The van der Waals surface area contributed by atoms with Crippen LogP contribution >= 0.6 is 23.1 Å². The Balaban J connectivity index is 1.76. The van der Waals surface area contributed by atoms with E-state index >= 15 is 0 Å². The number of carbonyl (C=O) groups is 3. The Labute approximate surface area is 205 Å². The lowest BCUT2D eigenvalue weighted by Crippen LogP contribution is -2.16. The number of amides is 1. The molecule has 0 aliphatic heterocycles. The molecule has 0 aliphatic rings. The summed E-state index contributed by atoms with van der Waals surface area (Å²) in [6, 6.07) is 6.44. The molecule has 3 rings (SSSR count). The van der Waals surface area contributed by atoms with Gasteiger partial charge < -0.3 is 14.8 Å². The zero-order valence-corrected chi connectivity index (χ0v) is 21.2. The Hall–Kier alpha value is -3.18. The van der Waals surface area contributed by atoms with Crippen LogP contribution in [0.15, 0.2) is 34.8 Å². The van der Waals surface area contributed by atoms with Gasteiger partial charge in [0.1, 0.15) is 0 Å². The minimum Gasteiger partial charge on any atom is -0.465 e. The van der Waals surface area contributed by atoms with Gasteiger partial charge in [-0.25, -0.2) is 9.59 Å². The van der Waals surface area contributed by atoms with Gasteiger partial charge in [0.15, 0.2) is 11.0 Å². The molecule has 3 aromatic rings. The summed E-state index contributed by atoms with van der Waals surface area (Å²) in [5, 5.41) is 14.1. The normalized spacial score (nSPS) is 10.9. The first-order chi connectivity index (χ1) is 16.3. The lowest BCUT2D eigenvalue weighted by molar-refractivity contribution is -0.113. The number of thioether (sulfide) groups is 1. The van der Waals surface area contributed by atoms with Crippen molar-refractivity contribution < 1.29 is 23.9 Å². The van der Waals surface area contributed by atoms with Gasteiger partial charge >= 0.3 is 11.9 Å². The Morgan fingerprint density at radius 2 is 1.71 bits per heavy atom. The third-order valence-corrected chi connectivity index (χ3v) is 6.86. The van der Waals surface area contributed by atoms with Crippen LogP contribution in [0.1, 0.15) is 52.4 Å². The van der Waals surface area contributed by atoms with Crippen molar-refractivity contribution in [3.05, 3.63) is 45.6 Å².